The molecule has 1 N–H and O–H groups in total. The van der Waals surface area contributed by atoms with Gasteiger partial charge >= 0.3 is 11.7 Å². The molecule has 25 heavy (non-hydrogen) atoms. The van der Waals surface area contributed by atoms with Crippen LogP contribution in [0.4, 0.5) is 0 Å². The third-order valence-electron chi connectivity index (χ3n) is 4.43. The minimum absolute atomic E-state index is 0.0926. The summed E-state index contributed by atoms with van der Waals surface area (Å²) in [5.74, 6) is -0.412. The molecule has 0 amide bonds. The van der Waals surface area contributed by atoms with E-state index in [9.17, 15) is 14.4 Å². The number of benzene rings is 1. The molecule has 0 spiro atoms. The molecule has 1 aromatic heterocycles. The van der Waals surface area contributed by atoms with Crippen molar-refractivity contribution in [1.29, 1.82) is 0 Å². The van der Waals surface area contributed by atoms with Gasteiger partial charge in [0.2, 0.25) is 0 Å². The van der Waals surface area contributed by atoms with E-state index in [1.165, 1.54) is 16.8 Å². The molecule has 1 aliphatic rings. The number of nitrogens with zero attached hydrogens (tertiary/aromatic N) is 1. The molecule has 1 aliphatic heterocycles. The summed E-state index contributed by atoms with van der Waals surface area (Å²) in [6.45, 7) is 4.07. The van der Waals surface area contributed by atoms with E-state index in [1.807, 2.05) is 19.9 Å². The monoisotopic (exact) mass is 344 g/mol. The molecule has 2 heterocycles. The van der Waals surface area contributed by atoms with E-state index in [-0.39, 0.29) is 18.1 Å². The van der Waals surface area contributed by atoms with Crippen LogP contribution in [0, 0.1) is 5.41 Å². The number of esters is 1. The van der Waals surface area contributed by atoms with Crippen LogP contribution in [0.15, 0.2) is 52.2 Å². The van der Waals surface area contributed by atoms with Gasteiger partial charge in [0.05, 0.1) is 11.7 Å². The Morgan fingerprint density at radius 2 is 2.00 bits per heavy atom. The second-order valence-corrected chi connectivity index (χ2v) is 6.75. The van der Waals surface area contributed by atoms with Crippen LogP contribution in [-0.2, 0) is 9.47 Å². The number of rotatable bonds is 4. The van der Waals surface area contributed by atoms with Crippen molar-refractivity contribution in [1.82, 2.24) is 9.55 Å². The topological polar surface area (TPSA) is 90.4 Å². The normalized spacial score (nSPS) is 21.8. The minimum atomic E-state index is -0.518. The lowest BCUT2D eigenvalue weighted by Crippen LogP contribution is -2.32. The van der Waals surface area contributed by atoms with E-state index < -0.39 is 23.4 Å². The van der Waals surface area contributed by atoms with E-state index in [2.05, 4.69) is 4.98 Å². The van der Waals surface area contributed by atoms with Crippen molar-refractivity contribution in [3.63, 3.8) is 0 Å². The predicted octanol–water partition coefficient (Wildman–Crippen LogP) is 1.71. The quantitative estimate of drug-likeness (QED) is 0.853. The van der Waals surface area contributed by atoms with E-state index in [0.29, 0.717) is 12.0 Å². The van der Waals surface area contributed by atoms with Gasteiger partial charge in [0, 0.05) is 18.7 Å². The van der Waals surface area contributed by atoms with Gasteiger partial charge in [-0.2, -0.15) is 0 Å². The van der Waals surface area contributed by atoms with Gasteiger partial charge < -0.3 is 9.47 Å². The maximum atomic E-state index is 12.1. The highest BCUT2D eigenvalue weighted by atomic mass is 16.6. The lowest BCUT2D eigenvalue weighted by Gasteiger charge is -2.24. The zero-order chi connectivity index (χ0) is 18.0. The number of aromatic amines is 1. The van der Waals surface area contributed by atoms with Gasteiger partial charge in [0.15, 0.2) is 0 Å². The van der Waals surface area contributed by atoms with E-state index in [1.54, 1.807) is 24.3 Å². The number of carbonyl (C=O) groups excluding carboxylic acids is 1. The van der Waals surface area contributed by atoms with Crippen LogP contribution in [0.2, 0.25) is 0 Å². The second kappa shape index (κ2) is 6.68. The van der Waals surface area contributed by atoms with Crippen LogP contribution in [0.25, 0.3) is 0 Å². The molecule has 0 radical (unpaired) electrons. The molecule has 1 fully saturated rings. The maximum absolute atomic E-state index is 12.1. The van der Waals surface area contributed by atoms with Crippen LogP contribution in [0.1, 0.15) is 36.9 Å². The number of H-pyrrole nitrogens is 1. The lowest BCUT2D eigenvalue weighted by molar-refractivity contribution is -0.0507. The summed E-state index contributed by atoms with van der Waals surface area (Å²) in [6, 6.07) is 10.0. The molecule has 0 saturated carbocycles. The Morgan fingerprint density at radius 3 is 2.68 bits per heavy atom. The molecule has 0 unspecified atom stereocenters. The average Bonchev–Trinajstić information content (AvgIpc) is 2.87. The van der Waals surface area contributed by atoms with Crippen molar-refractivity contribution < 1.29 is 14.3 Å². The molecule has 7 heteroatoms. The third-order valence-corrected chi connectivity index (χ3v) is 4.43. The average molecular weight is 344 g/mol. The van der Waals surface area contributed by atoms with Crippen LogP contribution in [-0.4, -0.2) is 28.2 Å². The molecule has 7 nitrogen and oxygen atoms in total. The molecule has 3 rings (SSSR count). The fourth-order valence-corrected chi connectivity index (χ4v) is 2.90. The first-order chi connectivity index (χ1) is 11.9. The van der Waals surface area contributed by atoms with E-state index in [0.717, 1.165) is 0 Å². The van der Waals surface area contributed by atoms with Crippen molar-refractivity contribution in [2.75, 3.05) is 6.61 Å². The Bertz CT molecular complexity index is 869. The van der Waals surface area contributed by atoms with Crippen molar-refractivity contribution in [3.8, 4) is 0 Å². The van der Waals surface area contributed by atoms with E-state index >= 15 is 0 Å². The fourth-order valence-electron chi connectivity index (χ4n) is 2.90. The highest BCUT2D eigenvalue weighted by molar-refractivity contribution is 5.89. The molecule has 2 aromatic rings. The smallest absolute Gasteiger partial charge is 0.338 e. The minimum Gasteiger partial charge on any atom is -0.459 e. The first-order valence-corrected chi connectivity index (χ1v) is 8.06. The number of carbonyl (C=O) groups is 1. The van der Waals surface area contributed by atoms with Crippen molar-refractivity contribution >= 4 is 5.97 Å². The highest BCUT2D eigenvalue weighted by Gasteiger charge is 2.43. The first-order valence-electron chi connectivity index (χ1n) is 8.06. The van der Waals surface area contributed by atoms with Gasteiger partial charge in [-0.15, -0.1) is 0 Å². The zero-order valence-corrected chi connectivity index (χ0v) is 14.1. The largest absolute Gasteiger partial charge is 0.459 e. The van der Waals surface area contributed by atoms with Gasteiger partial charge in [0.1, 0.15) is 12.8 Å². The molecule has 0 aliphatic carbocycles. The zero-order valence-electron chi connectivity index (χ0n) is 14.1. The predicted molar refractivity (Wildman–Crippen MR) is 90.4 cm³/mol. The molecule has 1 aromatic carbocycles. The standard InChI is InChI=1S/C18H20N2O5/c1-18(2)10-15(20-9-8-14(21)19-17(20)23)25-13(18)11-24-16(22)12-6-4-3-5-7-12/h3-9,13,15H,10-11H2,1-2H3,(H,19,21,23)/t13-,15+/m1/s1. The van der Waals surface area contributed by atoms with Gasteiger partial charge in [-0.3, -0.25) is 14.3 Å². The van der Waals surface area contributed by atoms with Crippen molar-refractivity contribution in [2.45, 2.75) is 32.6 Å². The molecule has 132 valence electrons. The first kappa shape index (κ1) is 17.2. The number of hydrogen-bond acceptors (Lipinski definition) is 5. The molecule has 0 bridgehead atoms. The Labute approximate surface area is 144 Å². The SMILES string of the molecule is CC1(C)C[C@@H](n2ccc(=O)[nH]c2=O)O[C@@H]1COC(=O)c1ccccc1. The molecule has 1 saturated heterocycles. The summed E-state index contributed by atoms with van der Waals surface area (Å²) in [5.41, 5.74) is -0.786. The second-order valence-electron chi connectivity index (χ2n) is 6.75. The molecule has 2 atom stereocenters. The van der Waals surface area contributed by atoms with Gasteiger partial charge in [-0.05, 0) is 17.5 Å². The summed E-state index contributed by atoms with van der Waals surface area (Å²) in [5, 5.41) is 0. The number of nitrogens with one attached hydrogen (secondary N) is 1. The van der Waals surface area contributed by atoms with Crippen LogP contribution >= 0.6 is 0 Å². The van der Waals surface area contributed by atoms with Gasteiger partial charge in [-0.1, -0.05) is 32.0 Å². The molecular weight excluding hydrogens is 324 g/mol. The number of ether oxygens (including phenoxy) is 2. The number of aromatic nitrogens is 2. The summed E-state index contributed by atoms with van der Waals surface area (Å²) in [4.78, 5) is 37.4. The van der Waals surface area contributed by atoms with Crippen molar-refractivity contribution in [2.24, 2.45) is 5.41 Å². The number of hydrogen-bond donors (Lipinski definition) is 1. The Balaban J connectivity index is 1.69. The third kappa shape index (κ3) is 3.71. The highest BCUT2D eigenvalue weighted by Crippen LogP contribution is 2.42. The Morgan fingerprint density at radius 1 is 1.28 bits per heavy atom. The Hall–Kier alpha value is -2.67. The van der Waals surface area contributed by atoms with Crippen LogP contribution < -0.4 is 11.2 Å². The summed E-state index contributed by atoms with van der Waals surface area (Å²) in [7, 11) is 0. The van der Waals surface area contributed by atoms with Crippen LogP contribution in [0.5, 0.6) is 0 Å². The van der Waals surface area contributed by atoms with Crippen LogP contribution in [0.3, 0.4) is 0 Å². The van der Waals surface area contributed by atoms with E-state index in [4.69, 9.17) is 9.47 Å². The van der Waals surface area contributed by atoms with Gasteiger partial charge in [-0.25, -0.2) is 9.59 Å². The fraction of sp³-hybridized carbons (Fsp3) is 0.389. The lowest BCUT2D eigenvalue weighted by atomic mass is 9.85. The molecular formula is C18H20N2O5. The van der Waals surface area contributed by atoms with Gasteiger partial charge in [0.25, 0.3) is 5.56 Å². The van der Waals surface area contributed by atoms with Crippen molar-refractivity contribution in [3.05, 3.63) is 69.0 Å². The summed E-state index contributed by atoms with van der Waals surface area (Å²) < 4.78 is 12.7. The summed E-state index contributed by atoms with van der Waals surface area (Å²) in [6.07, 6.45) is 1.11. The Kier molecular flexibility index (Phi) is 4.59. The maximum Gasteiger partial charge on any atom is 0.338 e. The summed E-state index contributed by atoms with van der Waals surface area (Å²) >= 11 is 0.